The first kappa shape index (κ1) is 28.0. The van der Waals surface area contributed by atoms with Crippen LogP contribution >= 0.6 is 0 Å². The molecule has 208 valence electrons. The van der Waals surface area contributed by atoms with E-state index in [1.165, 1.54) is 26.2 Å². The summed E-state index contributed by atoms with van der Waals surface area (Å²) in [7, 11) is 4.55. The van der Waals surface area contributed by atoms with Gasteiger partial charge in [-0.05, 0) is 56.5 Å². The third-order valence-corrected chi connectivity index (χ3v) is 7.31. The lowest BCUT2D eigenvalue weighted by Gasteiger charge is -2.36. The second kappa shape index (κ2) is 11.8. The summed E-state index contributed by atoms with van der Waals surface area (Å²) in [6.45, 7) is 10.3. The van der Waals surface area contributed by atoms with Crippen molar-refractivity contribution in [2.45, 2.75) is 33.2 Å². The summed E-state index contributed by atoms with van der Waals surface area (Å²) < 4.78 is 16.3. The minimum Gasteiger partial charge on any atom is -0.493 e. The zero-order valence-electron chi connectivity index (χ0n) is 23.4. The number of likely N-dealkylation sites (N-methyl/N-ethyl adjacent to an activating group) is 1. The number of hydrogen-bond acceptors (Lipinski definition) is 7. The van der Waals surface area contributed by atoms with Crippen LogP contribution < -0.4 is 19.1 Å². The number of piperidine rings is 1. The number of rotatable bonds is 10. The van der Waals surface area contributed by atoms with E-state index >= 15 is 0 Å². The van der Waals surface area contributed by atoms with Gasteiger partial charge in [0, 0.05) is 26.2 Å². The highest BCUT2D eigenvalue weighted by atomic mass is 16.5. The van der Waals surface area contributed by atoms with Crippen molar-refractivity contribution in [2.24, 2.45) is 5.92 Å². The lowest BCUT2D eigenvalue weighted by molar-refractivity contribution is -0.135. The monoisotopic (exact) mass is 535 g/mol. The first-order valence-corrected chi connectivity index (χ1v) is 13.2. The van der Waals surface area contributed by atoms with Crippen LogP contribution in [0.1, 0.15) is 53.0 Å². The van der Waals surface area contributed by atoms with Gasteiger partial charge in [0.05, 0.1) is 50.6 Å². The topological polar surface area (TPSA) is 88.6 Å². The van der Waals surface area contributed by atoms with Gasteiger partial charge in [-0.25, -0.2) is 0 Å². The molecule has 0 aromatic heterocycles. The van der Waals surface area contributed by atoms with Gasteiger partial charge in [-0.15, -0.1) is 0 Å². The van der Waals surface area contributed by atoms with Crippen molar-refractivity contribution in [1.82, 2.24) is 9.80 Å². The quantitative estimate of drug-likeness (QED) is 0.334. The number of fused-ring (bicyclic) bond motifs is 1. The summed E-state index contributed by atoms with van der Waals surface area (Å²) in [4.78, 5) is 45.6. The lowest BCUT2D eigenvalue weighted by Crippen LogP contribution is -2.45. The molecule has 0 unspecified atom stereocenters. The summed E-state index contributed by atoms with van der Waals surface area (Å²) in [5.74, 6) is 0.536. The molecule has 4 rings (SSSR count). The number of ether oxygens (including phenoxy) is 3. The molecule has 2 aliphatic rings. The average molecular weight is 536 g/mol. The first-order chi connectivity index (χ1) is 18.7. The number of nitrogens with zero attached hydrogens (tertiary/aromatic N) is 3. The molecular weight excluding hydrogens is 498 g/mol. The Kier molecular flexibility index (Phi) is 8.47. The molecule has 2 aromatic carbocycles. The van der Waals surface area contributed by atoms with E-state index in [0.29, 0.717) is 65.8 Å². The molecule has 3 amide bonds. The number of methoxy groups -OCH3 is 3. The van der Waals surface area contributed by atoms with E-state index in [2.05, 4.69) is 11.5 Å². The lowest BCUT2D eigenvalue weighted by atomic mass is 9.94. The van der Waals surface area contributed by atoms with Crippen molar-refractivity contribution >= 4 is 23.4 Å². The summed E-state index contributed by atoms with van der Waals surface area (Å²) in [5.41, 5.74) is 3.06. The Labute approximate surface area is 229 Å². The Bertz CT molecular complexity index is 1260. The Hall–Kier alpha value is -4.01. The fourth-order valence-electron chi connectivity index (χ4n) is 5.46. The van der Waals surface area contributed by atoms with Crippen LogP contribution in [-0.4, -0.2) is 75.0 Å². The molecule has 0 radical (unpaired) electrons. The number of hydrogen-bond donors (Lipinski definition) is 0. The van der Waals surface area contributed by atoms with E-state index < -0.39 is 0 Å². The number of carbonyl (C=O) groups excluding carboxylic acids is 3. The third kappa shape index (κ3) is 5.44. The largest absolute Gasteiger partial charge is 0.493 e. The van der Waals surface area contributed by atoms with Crippen molar-refractivity contribution in [1.29, 1.82) is 0 Å². The van der Waals surface area contributed by atoms with E-state index in [4.69, 9.17) is 14.2 Å². The molecule has 1 atom stereocenters. The SMILES string of the molecule is C=C(C)CN(CC)C(=O)[C@@H]1CCCN(c2cccc3c2C(=O)N(Cc2cc(OC)c(OC)c(OC)c2)C3=O)C1. The Morgan fingerprint density at radius 1 is 1.08 bits per heavy atom. The number of benzene rings is 2. The smallest absolute Gasteiger partial charge is 0.263 e. The zero-order valence-corrected chi connectivity index (χ0v) is 23.4. The van der Waals surface area contributed by atoms with Crippen LogP contribution in [-0.2, 0) is 11.3 Å². The van der Waals surface area contributed by atoms with Gasteiger partial charge in [0.25, 0.3) is 11.8 Å². The molecule has 9 heteroatoms. The number of carbonyl (C=O) groups is 3. The van der Waals surface area contributed by atoms with Crippen molar-refractivity contribution in [3.05, 3.63) is 59.2 Å². The highest BCUT2D eigenvalue weighted by molar-refractivity contribution is 6.23. The van der Waals surface area contributed by atoms with Crippen molar-refractivity contribution < 1.29 is 28.6 Å². The van der Waals surface area contributed by atoms with Crippen LogP contribution in [0.25, 0.3) is 0 Å². The summed E-state index contributed by atoms with van der Waals surface area (Å²) in [6.07, 6.45) is 1.61. The first-order valence-electron chi connectivity index (χ1n) is 13.2. The molecule has 2 aromatic rings. The van der Waals surface area contributed by atoms with Crippen molar-refractivity contribution in [3.63, 3.8) is 0 Å². The van der Waals surface area contributed by atoms with Crippen molar-refractivity contribution in [2.75, 3.05) is 52.4 Å². The van der Waals surface area contributed by atoms with Gasteiger partial charge in [-0.2, -0.15) is 0 Å². The van der Waals surface area contributed by atoms with Crippen LogP contribution in [0.4, 0.5) is 5.69 Å². The Balaban J connectivity index is 1.60. The normalized spacial score (nSPS) is 16.7. The van der Waals surface area contributed by atoms with Gasteiger partial charge in [0.1, 0.15) is 0 Å². The highest BCUT2D eigenvalue weighted by Crippen LogP contribution is 2.40. The van der Waals surface area contributed by atoms with Crippen molar-refractivity contribution in [3.8, 4) is 17.2 Å². The van der Waals surface area contributed by atoms with Gasteiger partial charge in [-0.3, -0.25) is 19.3 Å². The standard InChI is InChI=1S/C30H37N3O6/c1-7-31(16-19(2)3)28(34)21-10-9-13-32(18-21)23-12-8-11-22-26(23)30(36)33(29(22)35)17-20-14-24(37-4)27(39-6)25(15-20)38-5/h8,11-12,14-15,21H,2,7,9-10,13,16-18H2,1,3-6H3/t21-/m1/s1. The summed E-state index contributed by atoms with van der Waals surface area (Å²) >= 11 is 0. The minimum absolute atomic E-state index is 0.0516. The van der Waals surface area contributed by atoms with E-state index in [0.717, 1.165) is 18.4 Å². The molecule has 9 nitrogen and oxygen atoms in total. The van der Waals surface area contributed by atoms with Crippen LogP contribution in [0, 0.1) is 5.92 Å². The maximum absolute atomic E-state index is 13.7. The Morgan fingerprint density at radius 3 is 2.36 bits per heavy atom. The average Bonchev–Trinajstić information content (AvgIpc) is 3.19. The fourth-order valence-corrected chi connectivity index (χ4v) is 5.46. The molecule has 0 bridgehead atoms. The predicted molar refractivity (Wildman–Crippen MR) is 149 cm³/mol. The van der Waals surface area contributed by atoms with Crippen LogP contribution in [0.3, 0.4) is 0 Å². The summed E-state index contributed by atoms with van der Waals surface area (Å²) in [6, 6.07) is 8.82. The number of imide groups is 1. The molecule has 39 heavy (non-hydrogen) atoms. The molecule has 2 heterocycles. The fraction of sp³-hybridized carbons (Fsp3) is 0.433. The third-order valence-electron chi connectivity index (χ3n) is 7.31. The van der Waals surface area contributed by atoms with Gasteiger partial charge < -0.3 is 24.0 Å². The second-order valence-corrected chi connectivity index (χ2v) is 10.0. The molecule has 0 spiro atoms. The zero-order chi connectivity index (χ0) is 28.3. The Morgan fingerprint density at radius 2 is 1.77 bits per heavy atom. The molecule has 2 aliphatic heterocycles. The molecule has 1 fully saturated rings. The maximum atomic E-state index is 13.7. The van der Waals surface area contributed by atoms with Gasteiger partial charge >= 0.3 is 0 Å². The molecule has 0 aliphatic carbocycles. The second-order valence-electron chi connectivity index (χ2n) is 10.0. The van der Waals surface area contributed by atoms with Gasteiger partial charge in [-0.1, -0.05) is 18.2 Å². The van der Waals surface area contributed by atoms with E-state index in [-0.39, 0.29) is 30.2 Å². The van der Waals surface area contributed by atoms with Gasteiger partial charge in [0.2, 0.25) is 11.7 Å². The van der Waals surface area contributed by atoms with Crippen LogP contribution in [0.5, 0.6) is 17.2 Å². The van der Waals surface area contributed by atoms with E-state index in [1.807, 2.05) is 24.8 Å². The van der Waals surface area contributed by atoms with Crippen LogP contribution in [0.2, 0.25) is 0 Å². The van der Waals surface area contributed by atoms with Crippen LogP contribution in [0.15, 0.2) is 42.5 Å². The minimum atomic E-state index is -0.356. The molecular formula is C30H37N3O6. The molecule has 0 saturated carbocycles. The van der Waals surface area contributed by atoms with E-state index in [9.17, 15) is 14.4 Å². The highest BCUT2D eigenvalue weighted by Gasteiger charge is 2.40. The maximum Gasteiger partial charge on any atom is 0.263 e. The number of anilines is 1. The summed E-state index contributed by atoms with van der Waals surface area (Å²) in [5, 5.41) is 0. The predicted octanol–water partition coefficient (Wildman–Crippen LogP) is 4.15. The van der Waals surface area contributed by atoms with Gasteiger partial charge in [0.15, 0.2) is 11.5 Å². The number of amides is 3. The molecule has 1 saturated heterocycles. The van der Waals surface area contributed by atoms with E-state index in [1.54, 1.807) is 24.3 Å². The molecule has 0 N–H and O–H groups in total.